The van der Waals surface area contributed by atoms with Crippen LogP contribution in [0.15, 0.2) is 18.2 Å². The molecule has 0 spiro atoms. The zero-order valence-electron chi connectivity index (χ0n) is 11.6. The summed E-state index contributed by atoms with van der Waals surface area (Å²) >= 11 is 9.48. The molecule has 114 valence electrons. The predicted molar refractivity (Wildman–Crippen MR) is 83.1 cm³/mol. The summed E-state index contributed by atoms with van der Waals surface area (Å²) in [7, 11) is 1.65. The fraction of sp³-hybridized carbons (Fsp3) is 0.571. The molecule has 0 saturated carbocycles. The number of hydrogen-bond donors (Lipinski definition) is 0. The summed E-state index contributed by atoms with van der Waals surface area (Å²) in [5, 5.41) is 1.39. The molecule has 0 radical (unpaired) electrons. The topological polar surface area (TPSA) is 36.9 Å². The van der Waals surface area contributed by atoms with E-state index in [9.17, 15) is 0 Å². The van der Waals surface area contributed by atoms with Crippen LogP contribution in [0.3, 0.4) is 0 Å². The van der Waals surface area contributed by atoms with Crippen molar-refractivity contribution in [2.24, 2.45) is 0 Å². The predicted octanol–water partition coefficient (Wildman–Crippen LogP) is 3.29. The van der Waals surface area contributed by atoms with Gasteiger partial charge in [-0.05, 0) is 17.7 Å². The van der Waals surface area contributed by atoms with E-state index in [-0.39, 0.29) is 0 Å². The molecular formula is C14H20BrClO4. The third-order valence-corrected chi connectivity index (χ3v) is 3.38. The molecule has 0 amide bonds. The normalized spacial score (nSPS) is 10.8. The number of hydrogen-bond acceptors (Lipinski definition) is 4. The Hall–Kier alpha value is -0.330. The van der Waals surface area contributed by atoms with Crippen LogP contribution in [0, 0.1) is 0 Å². The first-order valence-corrected chi connectivity index (χ1v) is 7.89. The van der Waals surface area contributed by atoms with E-state index in [1.54, 1.807) is 7.11 Å². The Balaban J connectivity index is 2.06. The largest absolute Gasteiger partial charge is 0.490 e. The summed E-state index contributed by atoms with van der Waals surface area (Å²) in [6, 6.07) is 5.73. The van der Waals surface area contributed by atoms with Crippen molar-refractivity contribution in [3.8, 4) is 5.75 Å². The van der Waals surface area contributed by atoms with Crippen LogP contribution in [0.2, 0.25) is 5.02 Å². The molecule has 20 heavy (non-hydrogen) atoms. The van der Waals surface area contributed by atoms with Crippen molar-refractivity contribution < 1.29 is 18.9 Å². The average Bonchev–Trinajstić information content (AvgIpc) is 2.47. The van der Waals surface area contributed by atoms with Gasteiger partial charge in [-0.15, -0.1) is 0 Å². The number of halogens is 2. The lowest BCUT2D eigenvalue weighted by molar-refractivity contribution is 0.0180. The maximum Gasteiger partial charge on any atom is 0.138 e. The highest BCUT2D eigenvalue weighted by atomic mass is 79.9. The lowest BCUT2D eigenvalue weighted by Gasteiger charge is -2.09. The zero-order valence-corrected chi connectivity index (χ0v) is 13.9. The monoisotopic (exact) mass is 366 g/mol. The Morgan fingerprint density at radius 2 is 1.65 bits per heavy atom. The zero-order chi connectivity index (χ0) is 14.6. The van der Waals surface area contributed by atoms with Gasteiger partial charge < -0.3 is 18.9 Å². The standard InChI is InChI=1S/C14H20BrClO4/c1-17-4-5-18-6-7-19-8-9-20-14-3-2-12(11-15)10-13(14)16/h2-3,10H,4-9,11H2,1H3. The minimum absolute atomic E-state index is 0.464. The average molecular weight is 368 g/mol. The van der Waals surface area contributed by atoms with Gasteiger partial charge in [0.1, 0.15) is 12.4 Å². The molecule has 0 aliphatic rings. The third kappa shape index (κ3) is 7.45. The Morgan fingerprint density at radius 1 is 1.00 bits per heavy atom. The van der Waals surface area contributed by atoms with Crippen LogP contribution in [0.1, 0.15) is 5.56 Å². The SMILES string of the molecule is COCCOCCOCCOc1ccc(CBr)cc1Cl. The van der Waals surface area contributed by atoms with Crippen molar-refractivity contribution >= 4 is 27.5 Å². The number of methoxy groups -OCH3 is 1. The molecule has 0 saturated heterocycles. The van der Waals surface area contributed by atoms with Crippen molar-refractivity contribution in [1.82, 2.24) is 0 Å². The molecule has 0 aliphatic heterocycles. The van der Waals surface area contributed by atoms with E-state index in [4.69, 9.17) is 30.5 Å². The highest BCUT2D eigenvalue weighted by Crippen LogP contribution is 2.26. The van der Waals surface area contributed by atoms with Gasteiger partial charge in [-0.25, -0.2) is 0 Å². The van der Waals surface area contributed by atoms with Gasteiger partial charge in [0.2, 0.25) is 0 Å². The molecule has 0 N–H and O–H groups in total. The van der Waals surface area contributed by atoms with Crippen LogP contribution in [-0.4, -0.2) is 46.8 Å². The summed E-state index contributed by atoms with van der Waals surface area (Å²) in [6.07, 6.45) is 0. The molecule has 0 heterocycles. The lowest BCUT2D eigenvalue weighted by Crippen LogP contribution is -2.12. The molecule has 6 heteroatoms. The van der Waals surface area contributed by atoms with Gasteiger partial charge in [-0.2, -0.15) is 0 Å². The van der Waals surface area contributed by atoms with Crippen LogP contribution in [0.25, 0.3) is 0 Å². The van der Waals surface area contributed by atoms with E-state index in [2.05, 4.69) is 15.9 Å². The number of benzene rings is 1. The molecule has 0 bridgehead atoms. The minimum atomic E-state index is 0.464. The van der Waals surface area contributed by atoms with Crippen LogP contribution in [0.5, 0.6) is 5.75 Å². The van der Waals surface area contributed by atoms with E-state index < -0.39 is 0 Å². The summed E-state index contributed by atoms with van der Waals surface area (Å²) in [6.45, 7) is 3.26. The molecule has 4 nitrogen and oxygen atoms in total. The molecule has 0 unspecified atom stereocenters. The molecule has 0 aromatic heterocycles. The second-order valence-electron chi connectivity index (χ2n) is 3.96. The molecule has 1 aromatic carbocycles. The van der Waals surface area contributed by atoms with Crippen molar-refractivity contribution in [1.29, 1.82) is 0 Å². The fourth-order valence-electron chi connectivity index (χ4n) is 1.42. The van der Waals surface area contributed by atoms with Gasteiger partial charge in [0.15, 0.2) is 0 Å². The highest BCUT2D eigenvalue weighted by Gasteiger charge is 2.02. The fourth-order valence-corrected chi connectivity index (χ4v) is 2.03. The molecule has 1 rings (SSSR count). The van der Waals surface area contributed by atoms with Crippen molar-refractivity contribution in [3.63, 3.8) is 0 Å². The van der Waals surface area contributed by atoms with E-state index in [0.717, 1.165) is 10.9 Å². The van der Waals surface area contributed by atoms with E-state index in [1.165, 1.54) is 0 Å². The summed E-state index contributed by atoms with van der Waals surface area (Å²) in [5.74, 6) is 0.677. The van der Waals surface area contributed by atoms with Gasteiger partial charge >= 0.3 is 0 Å². The van der Waals surface area contributed by atoms with Gasteiger partial charge in [0.05, 0.1) is 38.1 Å². The minimum Gasteiger partial charge on any atom is -0.490 e. The first-order chi connectivity index (χ1) is 9.77. The highest BCUT2D eigenvalue weighted by molar-refractivity contribution is 9.08. The van der Waals surface area contributed by atoms with Crippen molar-refractivity contribution in [3.05, 3.63) is 28.8 Å². The Morgan fingerprint density at radius 3 is 2.25 bits per heavy atom. The lowest BCUT2D eigenvalue weighted by atomic mass is 10.2. The molecule has 0 fully saturated rings. The van der Waals surface area contributed by atoms with E-state index in [1.807, 2.05) is 18.2 Å². The van der Waals surface area contributed by atoms with Crippen LogP contribution in [0.4, 0.5) is 0 Å². The van der Waals surface area contributed by atoms with Crippen LogP contribution >= 0.6 is 27.5 Å². The van der Waals surface area contributed by atoms with Crippen LogP contribution in [-0.2, 0) is 19.5 Å². The molecule has 1 aromatic rings. The summed E-state index contributed by atoms with van der Waals surface area (Å²) in [4.78, 5) is 0. The number of alkyl halides is 1. The van der Waals surface area contributed by atoms with Crippen LogP contribution < -0.4 is 4.74 Å². The van der Waals surface area contributed by atoms with Gasteiger partial charge in [-0.1, -0.05) is 33.6 Å². The van der Waals surface area contributed by atoms with E-state index in [0.29, 0.717) is 50.4 Å². The van der Waals surface area contributed by atoms with E-state index >= 15 is 0 Å². The van der Waals surface area contributed by atoms with Crippen molar-refractivity contribution in [2.45, 2.75) is 5.33 Å². The quantitative estimate of drug-likeness (QED) is 0.444. The van der Waals surface area contributed by atoms with Gasteiger partial charge in [-0.3, -0.25) is 0 Å². The smallest absolute Gasteiger partial charge is 0.138 e. The number of ether oxygens (including phenoxy) is 4. The van der Waals surface area contributed by atoms with Gasteiger partial charge in [0.25, 0.3) is 0 Å². The molecule has 0 atom stereocenters. The maximum absolute atomic E-state index is 6.10. The first-order valence-electron chi connectivity index (χ1n) is 6.39. The maximum atomic E-state index is 6.10. The Labute approximate surface area is 133 Å². The second kappa shape index (κ2) is 11.3. The molecular weight excluding hydrogens is 348 g/mol. The second-order valence-corrected chi connectivity index (χ2v) is 4.93. The summed E-state index contributed by atoms with van der Waals surface area (Å²) in [5.41, 5.74) is 1.12. The first kappa shape index (κ1) is 17.7. The number of rotatable bonds is 11. The summed E-state index contributed by atoms with van der Waals surface area (Å²) < 4.78 is 21.1. The third-order valence-electron chi connectivity index (χ3n) is 2.44. The molecule has 0 aliphatic carbocycles. The Kier molecular flexibility index (Phi) is 10.1. The van der Waals surface area contributed by atoms with Crippen molar-refractivity contribution in [2.75, 3.05) is 46.8 Å². The Bertz CT molecular complexity index is 376. The van der Waals surface area contributed by atoms with Gasteiger partial charge in [0, 0.05) is 12.4 Å².